The summed E-state index contributed by atoms with van der Waals surface area (Å²) in [6, 6.07) is 13.8. The van der Waals surface area contributed by atoms with Gasteiger partial charge in [-0.15, -0.1) is 0 Å². The molecule has 2 aliphatic rings. The maximum atomic E-state index is 13.5. The van der Waals surface area contributed by atoms with Gasteiger partial charge in [0.05, 0.1) is 19.0 Å². The van der Waals surface area contributed by atoms with E-state index in [1.807, 2.05) is 36.4 Å². The van der Waals surface area contributed by atoms with Gasteiger partial charge in [-0.25, -0.2) is 8.42 Å². The van der Waals surface area contributed by atoms with Crippen molar-refractivity contribution in [2.45, 2.75) is 10.9 Å². The van der Waals surface area contributed by atoms with Crippen LogP contribution in [0.2, 0.25) is 0 Å². The Kier molecular flexibility index (Phi) is 6.75. The molecular weight excluding hydrogens is 396 g/mol. The van der Waals surface area contributed by atoms with Crippen LogP contribution in [0.3, 0.4) is 0 Å². The average molecular weight is 435 g/mol. The molecule has 0 saturated carbocycles. The zero-order valence-electron chi connectivity index (χ0n) is 18.4. The second kappa shape index (κ2) is 9.32. The van der Waals surface area contributed by atoms with E-state index in [2.05, 4.69) is 14.1 Å². The number of hydrogen-bond acceptors (Lipinski definition) is 2. The third kappa shape index (κ3) is 5.21. The van der Waals surface area contributed by atoms with Gasteiger partial charge in [0.15, 0.2) is 15.9 Å². The molecule has 2 saturated heterocycles. The average Bonchev–Trinajstić information content (AvgIpc) is 2.75. The predicted molar refractivity (Wildman–Crippen MR) is 119 cm³/mol. The highest BCUT2D eigenvalue weighted by Gasteiger charge is 2.36. The molecule has 4 N–H and O–H groups in total. The van der Waals surface area contributed by atoms with Crippen molar-refractivity contribution in [3.8, 4) is 0 Å². The zero-order valence-corrected chi connectivity index (χ0v) is 19.2. The normalized spacial score (nSPS) is 29.0. The van der Waals surface area contributed by atoms with Crippen LogP contribution in [0.5, 0.6) is 0 Å². The van der Waals surface area contributed by atoms with Gasteiger partial charge in [-0.05, 0) is 22.9 Å². The molecule has 2 aliphatic heterocycles. The van der Waals surface area contributed by atoms with E-state index in [1.165, 1.54) is 18.0 Å². The second-order valence-electron chi connectivity index (χ2n) is 9.51. The van der Waals surface area contributed by atoms with E-state index in [9.17, 15) is 8.42 Å². The van der Waals surface area contributed by atoms with E-state index in [4.69, 9.17) is 0 Å². The molecule has 2 heterocycles. The van der Waals surface area contributed by atoms with Crippen molar-refractivity contribution in [3.05, 3.63) is 42.5 Å². The van der Waals surface area contributed by atoms with Gasteiger partial charge in [0.2, 0.25) is 0 Å². The van der Waals surface area contributed by atoms with Crippen LogP contribution in [0.4, 0.5) is 0 Å². The molecule has 2 aromatic carbocycles. The van der Waals surface area contributed by atoms with Crippen LogP contribution in [0.1, 0.15) is 0 Å². The van der Waals surface area contributed by atoms with Gasteiger partial charge in [0.1, 0.15) is 64.7 Å². The molecule has 0 aromatic heterocycles. The second-order valence-corrected chi connectivity index (χ2v) is 11.5. The molecule has 0 unspecified atom stereocenters. The molecule has 0 radical (unpaired) electrons. The number of hydrogen-bond donors (Lipinski definition) is 4. The lowest BCUT2D eigenvalue weighted by atomic mass is 10.1. The minimum atomic E-state index is -3.32. The van der Waals surface area contributed by atoms with Gasteiger partial charge in [0.25, 0.3) is 0 Å². The van der Waals surface area contributed by atoms with Crippen molar-refractivity contribution in [2.24, 2.45) is 0 Å². The summed E-state index contributed by atoms with van der Waals surface area (Å²) in [5.74, 6) is 0.256. The number of quaternary nitrogens is 4. The Balaban J connectivity index is 1.54. The van der Waals surface area contributed by atoms with Crippen LogP contribution >= 0.6 is 0 Å². The van der Waals surface area contributed by atoms with Crippen LogP contribution < -0.4 is 19.6 Å². The number of benzene rings is 2. The van der Waals surface area contributed by atoms with E-state index >= 15 is 0 Å². The van der Waals surface area contributed by atoms with Crippen LogP contribution in [0, 0.1) is 0 Å². The Morgan fingerprint density at radius 2 is 1.40 bits per heavy atom. The standard InChI is InChI=1S/C23H34N4O2S/c1-24-9-13-26(14-10-24)18-22(27-15-11-25(2)12-16-27)19-30(28,29)23-8-7-20-5-3-4-6-21(20)17-23/h3-8,17,22H,9-16,18-19H2,1-2H3/p+4/t22-/m1/s1. The predicted octanol–water partition coefficient (Wildman–Crippen LogP) is -4.19. The van der Waals surface area contributed by atoms with Gasteiger partial charge in [-0.1, -0.05) is 30.3 Å². The molecule has 0 bridgehead atoms. The fourth-order valence-corrected chi connectivity index (χ4v) is 6.69. The topological polar surface area (TPSA) is 51.9 Å². The summed E-state index contributed by atoms with van der Waals surface area (Å²) in [6.45, 7) is 10.0. The molecule has 164 valence electrons. The molecule has 0 spiro atoms. The van der Waals surface area contributed by atoms with Crippen LogP contribution in [0.15, 0.2) is 47.4 Å². The maximum Gasteiger partial charge on any atom is 0.184 e. The lowest BCUT2D eigenvalue weighted by Gasteiger charge is -2.35. The summed E-state index contributed by atoms with van der Waals surface area (Å²) in [7, 11) is 1.18. The molecule has 0 aliphatic carbocycles. The number of sulfone groups is 1. The summed E-state index contributed by atoms with van der Waals surface area (Å²) in [6.07, 6.45) is 0. The van der Waals surface area contributed by atoms with Crippen molar-refractivity contribution in [2.75, 3.05) is 78.8 Å². The first kappa shape index (κ1) is 21.7. The summed E-state index contributed by atoms with van der Waals surface area (Å²) in [5.41, 5.74) is 0. The lowest BCUT2D eigenvalue weighted by molar-refractivity contribution is -1.05. The lowest BCUT2D eigenvalue weighted by Crippen LogP contribution is -3.33. The first-order valence-electron chi connectivity index (χ1n) is 11.4. The minimum absolute atomic E-state index is 0.169. The highest BCUT2D eigenvalue weighted by atomic mass is 32.2. The van der Waals surface area contributed by atoms with Crippen molar-refractivity contribution in [3.63, 3.8) is 0 Å². The first-order valence-corrected chi connectivity index (χ1v) is 13.1. The SMILES string of the molecule is C[NH+]1CC[NH+](C[C@H](CS(=O)(=O)c2ccc3ccccc3c2)[NH+]2CC[NH+](C)CC2)CC1. The Morgan fingerprint density at radius 1 is 0.800 bits per heavy atom. The summed E-state index contributed by atoms with van der Waals surface area (Å²) in [4.78, 5) is 6.70. The Morgan fingerprint density at radius 3 is 2.07 bits per heavy atom. The number of piperazine rings is 2. The van der Waals surface area contributed by atoms with Crippen molar-refractivity contribution in [1.82, 2.24) is 0 Å². The first-order chi connectivity index (χ1) is 14.4. The number of rotatable bonds is 6. The van der Waals surface area contributed by atoms with Gasteiger partial charge >= 0.3 is 0 Å². The molecule has 2 fully saturated rings. The van der Waals surface area contributed by atoms with Crippen molar-refractivity contribution in [1.29, 1.82) is 0 Å². The Bertz CT molecular complexity index is 949. The Labute approximate surface area is 181 Å². The highest BCUT2D eigenvalue weighted by Crippen LogP contribution is 2.20. The van der Waals surface area contributed by atoms with Crippen molar-refractivity contribution < 1.29 is 28.0 Å². The molecule has 0 amide bonds. The molecular formula is C23H38N4O2S+4. The fourth-order valence-electron chi connectivity index (χ4n) is 5.03. The monoisotopic (exact) mass is 434 g/mol. The minimum Gasteiger partial charge on any atom is -0.328 e. The van der Waals surface area contributed by atoms with Gasteiger partial charge < -0.3 is 19.6 Å². The smallest absolute Gasteiger partial charge is 0.184 e. The van der Waals surface area contributed by atoms with E-state index in [-0.39, 0.29) is 11.8 Å². The number of fused-ring (bicyclic) bond motifs is 1. The van der Waals surface area contributed by atoms with Crippen LogP contribution in [-0.4, -0.2) is 93.2 Å². The number of nitrogens with one attached hydrogen (secondary N) is 4. The molecule has 7 heteroatoms. The Hall–Kier alpha value is -1.51. The van der Waals surface area contributed by atoms with Gasteiger partial charge in [-0.3, -0.25) is 0 Å². The maximum absolute atomic E-state index is 13.5. The molecule has 30 heavy (non-hydrogen) atoms. The summed E-state index contributed by atoms with van der Waals surface area (Å²) in [5, 5.41) is 2.09. The van der Waals surface area contributed by atoms with E-state index in [0.29, 0.717) is 4.90 Å². The third-order valence-electron chi connectivity index (χ3n) is 7.17. The van der Waals surface area contributed by atoms with E-state index < -0.39 is 9.84 Å². The highest BCUT2D eigenvalue weighted by molar-refractivity contribution is 7.91. The van der Waals surface area contributed by atoms with Crippen molar-refractivity contribution >= 4 is 20.6 Å². The van der Waals surface area contributed by atoms with E-state index in [0.717, 1.165) is 56.6 Å². The summed E-state index contributed by atoms with van der Waals surface area (Å²) >= 11 is 0. The molecule has 1 atom stereocenters. The third-order valence-corrected chi connectivity index (χ3v) is 8.98. The van der Waals surface area contributed by atoms with Gasteiger partial charge in [-0.2, -0.15) is 0 Å². The van der Waals surface area contributed by atoms with E-state index in [1.54, 1.807) is 20.8 Å². The molecule has 6 nitrogen and oxygen atoms in total. The zero-order chi connectivity index (χ0) is 21.1. The summed E-state index contributed by atoms with van der Waals surface area (Å²) < 4.78 is 26.9. The van der Waals surface area contributed by atoms with Crippen LogP contribution in [0.25, 0.3) is 10.8 Å². The number of likely N-dealkylation sites (N-methyl/N-ethyl adjacent to an activating group) is 2. The van der Waals surface area contributed by atoms with Crippen LogP contribution in [-0.2, 0) is 9.84 Å². The largest absolute Gasteiger partial charge is 0.328 e. The molecule has 2 aromatic rings. The quantitative estimate of drug-likeness (QED) is 0.373. The molecule has 4 rings (SSSR count). The fraction of sp³-hybridized carbons (Fsp3) is 0.565. The van der Waals surface area contributed by atoms with Gasteiger partial charge in [0, 0.05) is 0 Å².